The number of H-pyrrole nitrogens is 1. The standard InChI is InChI=1S/C26H33ClN4O3/c1-26(2,24(32)33)17-7-11-19(12-8-17)34-25-28-21-15-20(27)22(29-23(21)30-25)16-5-9-18(10-6-16)31-13-3-4-14-31/h5-6,9,15,17-19H,3-4,7-8,10-14H2,1-2H3,(H,32,33)(H,28,29,30)/t17-,18?,19-. The summed E-state index contributed by atoms with van der Waals surface area (Å²) in [4.78, 5) is 26.6. The van der Waals surface area contributed by atoms with Crippen molar-refractivity contribution in [1.82, 2.24) is 19.9 Å². The van der Waals surface area contributed by atoms with Crippen LogP contribution in [0.25, 0.3) is 16.7 Å². The van der Waals surface area contributed by atoms with Gasteiger partial charge in [-0.25, -0.2) is 4.98 Å². The van der Waals surface area contributed by atoms with E-state index in [0.29, 0.717) is 22.7 Å². The van der Waals surface area contributed by atoms with Crippen molar-refractivity contribution >= 4 is 34.3 Å². The summed E-state index contributed by atoms with van der Waals surface area (Å²) in [5.74, 6) is -0.576. The molecule has 3 aliphatic rings. The number of halogens is 1. The molecule has 2 aromatic heterocycles. The zero-order valence-corrected chi connectivity index (χ0v) is 20.6. The van der Waals surface area contributed by atoms with Crippen molar-refractivity contribution in [2.24, 2.45) is 11.3 Å². The second kappa shape index (κ2) is 9.34. The van der Waals surface area contributed by atoms with Gasteiger partial charge in [-0.3, -0.25) is 9.69 Å². The molecule has 1 atom stereocenters. The van der Waals surface area contributed by atoms with Crippen molar-refractivity contribution in [3.63, 3.8) is 0 Å². The molecule has 5 rings (SSSR count). The molecule has 1 aliphatic heterocycles. The largest absolute Gasteiger partial charge is 0.481 e. The number of fused-ring (bicyclic) bond motifs is 1. The molecule has 0 amide bonds. The van der Waals surface area contributed by atoms with E-state index < -0.39 is 11.4 Å². The molecule has 2 fully saturated rings. The van der Waals surface area contributed by atoms with Gasteiger partial charge >= 0.3 is 5.97 Å². The summed E-state index contributed by atoms with van der Waals surface area (Å²) in [6, 6.07) is 2.78. The van der Waals surface area contributed by atoms with Crippen LogP contribution in [0.1, 0.15) is 64.5 Å². The van der Waals surface area contributed by atoms with Gasteiger partial charge in [0, 0.05) is 6.04 Å². The molecule has 2 N–H and O–H groups in total. The summed E-state index contributed by atoms with van der Waals surface area (Å²) in [6.07, 6.45) is 13.5. The number of carboxylic acids is 1. The zero-order chi connectivity index (χ0) is 23.9. The van der Waals surface area contributed by atoms with Crippen LogP contribution in [0.4, 0.5) is 0 Å². The molecule has 34 heavy (non-hydrogen) atoms. The second-order valence-electron chi connectivity index (χ2n) is 10.4. The number of carboxylic acid groups (broad SMARTS) is 1. The SMILES string of the molecule is CC(C)(C(=O)O)[C@H]1CC[C@H](Oc2nc3nc(C4=CCC(N5CCCC5)C=C4)c(Cl)cc3[nH]2)CC1. The minimum absolute atomic E-state index is 0.0165. The van der Waals surface area contributed by atoms with Crippen molar-refractivity contribution in [3.8, 4) is 6.01 Å². The van der Waals surface area contributed by atoms with Crippen molar-refractivity contribution in [1.29, 1.82) is 0 Å². The Morgan fingerprint density at radius 2 is 1.94 bits per heavy atom. The minimum atomic E-state index is -0.734. The molecular formula is C26H33ClN4O3. The fourth-order valence-corrected chi connectivity index (χ4v) is 5.78. The highest BCUT2D eigenvalue weighted by molar-refractivity contribution is 6.32. The summed E-state index contributed by atoms with van der Waals surface area (Å²) in [5, 5.41) is 10.1. The molecule has 0 spiro atoms. The van der Waals surface area contributed by atoms with Crippen molar-refractivity contribution in [3.05, 3.63) is 35.0 Å². The van der Waals surface area contributed by atoms with E-state index >= 15 is 0 Å². The Morgan fingerprint density at radius 1 is 1.21 bits per heavy atom. The molecular weight excluding hydrogens is 452 g/mol. The predicted molar refractivity (Wildman–Crippen MR) is 133 cm³/mol. The third-order valence-corrected chi connectivity index (χ3v) is 8.18. The third-order valence-electron chi connectivity index (χ3n) is 7.89. The van der Waals surface area contributed by atoms with E-state index in [9.17, 15) is 9.90 Å². The lowest BCUT2D eigenvalue weighted by molar-refractivity contribution is -0.151. The topological polar surface area (TPSA) is 91.3 Å². The minimum Gasteiger partial charge on any atom is -0.481 e. The number of aliphatic carboxylic acids is 1. The monoisotopic (exact) mass is 484 g/mol. The first-order valence-electron chi connectivity index (χ1n) is 12.4. The van der Waals surface area contributed by atoms with Gasteiger partial charge in [0.25, 0.3) is 6.01 Å². The van der Waals surface area contributed by atoms with Gasteiger partial charge in [-0.05, 0) is 89.4 Å². The summed E-state index contributed by atoms with van der Waals surface area (Å²) in [5.41, 5.74) is 2.41. The number of imidazole rings is 1. The Labute approximate surface area is 205 Å². The molecule has 8 heteroatoms. The Bertz CT molecular complexity index is 1120. The van der Waals surface area contributed by atoms with E-state index in [2.05, 4.69) is 33.1 Å². The highest BCUT2D eigenvalue weighted by Gasteiger charge is 2.39. The molecule has 0 aromatic carbocycles. The number of aromatic nitrogens is 3. The average molecular weight is 485 g/mol. The lowest BCUT2D eigenvalue weighted by atomic mass is 9.70. The number of aromatic amines is 1. The van der Waals surface area contributed by atoms with Gasteiger partial charge in [0.05, 0.1) is 21.6 Å². The van der Waals surface area contributed by atoms with E-state index in [1.54, 1.807) is 0 Å². The molecule has 2 aliphatic carbocycles. The number of ether oxygens (including phenoxy) is 1. The molecule has 1 saturated carbocycles. The Morgan fingerprint density at radius 3 is 2.59 bits per heavy atom. The summed E-state index contributed by atoms with van der Waals surface area (Å²) in [6.45, 7) is 5.99. The number of hydrogen-bond donors (Lipinski definition) is 2. The van der Waals surface area contributed by atoms with Gasteiger partial charge in [0.2, 0.25) is 0 Å². The number of hydrogen-bond acceptors (Lipinski definition) is 5. The number of rotatable bonds is 6. The van der Waals surface area contributed by atoms with E-state index in [4.69, 9.17) is 21.3 Å². The lowest BCUT2D eigenvalue weighted by Gasteiger charge is -2.36. The van der Waals surface area contributed by atoms with Gasteiger partial charge in [0.15, 0.2) is 5.65 Å². The van der Waals surface area contributed by atoms with Crippen LogP contribution in [-0.4, -0.2) is 56.2 Å². The van der Waals surface area contributed by atoms with Gasteiger partial charge in [-0.2, -0.15) is 4.98 Å². The molecule has 0 radical (unpaired) electrons. The highest BCUT2D eigenvalue weighted by Crippen LogP contribution is 2.39. The van der Waals surface area contributed by atoms with Crippen LogP contribution in [0.15, 0.2) is 24.3 Å². The molecule has 7 nitrogen and oxygen atoms in total. The van der Waals surface area contributed by atoms with Crippen LogP contribution in [0.5, 0.6) is 6.01 Å². The maximum absolute atomic E-state index is 11.6. The zero-order valence-electron chi connectivity index (χ0n) is 19.9. The molecule has 1 unspecified atom stereocenters. The van der Waals surface area contributed by atoms with Crippen LogP contribution >= 0.6 is 11.6 Å². The number of pyridine rings is 1. The Kier molecular flexibility index (Phi) is 6.42. The maximum Gasteiger partial charge on any atom is 0.309 e. The number of nitrogens with zero attached hydrogens (tertiary/aromatic N) is 3. The van der Waals surface area contributed by atoms with Crippen molar-refractivity contribution in [2.45, 2.75) is 70.9 Å². The molecule has 182 valence electrons. The third kappa shape index (κ3) is 4.60. The first-order valence-corrected chi connectivity index (χ1v) is 12.8. The highest BCUT2D eigenvalue weighted by atomic mass is 35.5. The molecule has 2 aromatic rings. The molecule has 0 bridgehead atoms. The maximum atomic E-state index is 11.6. The Balaban J connectivity index is 1.25. The molecule has 1 saturated heterocycles. The van der Waals surface area contributed by atoms with Gasteiger partial charge in [-0.15, -0.1) is 0 Å². The van der Waals surface area contributed by atoms with Gasteiger partial charge in [-0.1, -0.05) is 29.8 Å². The normalized spacial score (nSPS) is 26.1. The quantitative estimate of drug-likeness (QED) is 0.565. The average Bonchev–Trinajstić information content (AvgIpc) is 3.49. The van der Waals surface area contributed by atoms with E-state index in [1.807, 2.05) is 19.9 Å². The summed E-state index contributed by atoms with van der Waals surface area (Å²) in [7, 11) is 0. The van der Waals surface area contributed by atoms with E-state index in [1.165, 1.54) is 25.9 Å². The number of likely N-dealkylation sites (tertiary alicyclic amines) is 1. The van der Waals surface area contributed by atoms with Crippen LogP contribution < -0.4 is 4.74 Å². The summed E-state index contributed by atoms with van der Waals surface area (Å²) >= 11 is 6.60. The van der Waals surface area contributed by atoms with Gasteiger partial charge in [0.1, 0.15) is 6.10 Å². The number of nitrogens with one attached hydrogen (secondary N) is 1. The second-order valence-corrected chi connectivity index (χ2v) is 10.8. The fraction of sp³-hybridized carbons (Fsp3) is 0.577. The van der Waals surface area contributed by atoms with Crippen LogP contribution in [0, 0.1) is 11.3 Å². The van der Waals surface area contributed by atoms with Gasteiger partial charge < -0.3 is 14.8 Å². The number of allylic oxidation sites excluding steroid dienone is 2. The first-order chi connectivity index (χ1) is 16.3. The summed E-state index contributed by atoms with van der Waals surface area (Å²) < 4.78 is 6.13. The molecule has 3 heterocycles. The van der Waals surface area contributed by atoms with Crippen LogP contribution in [0.2, 0.25) is 5.02 Å². The van der Waals surface area contributed by atoms with Crippen molar-refractivity contribution < 1.29 is 14.6 Å². The first kappa shape index (κ1) is 23.4. The number of carbonyl (C=O) groups is 1. The predicted octanol–water partition coefficient (Wildman–Crippen LogP) is 5.47. The van der Waals surface area contributed by atoms with E-state index in [0.717, 1.165) is 48.9 Å². The Hall–Kier alpha value is -2.38. The van der Waals surface area contributed by atoms with E-state index in [-0.39, 0.29) is 12.0 Å². The fourth-order valence-electron chi connectivity index (χ4n) is 5.52. The van der Waals surface area contributed by atoms with Crippen LogP contribution in [0.3, 0.4) is 0 Å². The smallest absolute Gasteiger partial charge is 0.309 e. The van der Waals surface area contributed by atoms with Crippen molar-refractivity contribution in [2.75, 3.05) is 13.1 Å². The van der Waals surface area contributed by atoms with Crippen LogP contribution in [-0.2, 0) is 4.79 Å². The lowest BCUT2D eigenvalue weighted by Crippen LogP contribution is -2.37.